The van der Waals surface area contributed by atoms with Crippen LogP contribution in [0.2, 0.25) is 5.02 Å². The smallest absolute Gasteiger partial charge is 0.335 e. The molecule has 6 nitrogen and oxygen atoms in total. The molecule has 28 heavy (non-hydrogen) atoms. The van der Waals surface area contributed by atoms with Crippen molar-refractivity contribution in [2.24, 2.45) is 0 Å². The van der Waals surface area contributed by atoms with Crippen molar-refractivity contribution in [2.45, 2.75) is 0 Å². The fraction of sp³-hybridized carbons (Fsp3) is 0.0500. The third-order valence-corrected chi connectivity index (χ3v) is 5.48. The van der Waals surface area contributed by atoms with E-state index in [1.54, 1.807) is 29.2 Å². The van der Waals surface area contributed by atoms with Gasteiger partial charge in [0.2, 0.25) is 0 Å². The summed E-state index contributed by atoms with van der Waals surface area (Å²) in [5, 5.41) is 31.2. The Bertz CT molecular complexity index is 1120. The summed E-state index contributed by atoms with van der Waals surface area (Å²) in [6.45, 7) is 0.0904. The van der Waals surface area contributed by atoms with E-state index >= 15 is 0 Å². The Morgan fingerprint density at radius 1 is 1.21 bits per heavy atom. The SMILES string of the molecule is N=C1C(c2nc(-c3ccc(Cl)cc3)cs2)=C(O)CN1c1cccc(C(=O)O)c1. The molecule has 0 saturated heterocycles. The van der Waals surface area contributed by atoms with Gasteiger partial charge >= 0.3 is 5.97 Å². The maximum absolute atomic E-state index is 11.2. The molecule has 4 rings (SSSR count). The molecule has 1 aliphatic rings. The molecule has 3 aromatic rings. The topological polar surface area (TPSA) is 97.5 Å². The Morgan fingerprint density at radius 2 is 1.96 bits per heavy atom. The number of halogens is 1. The summed E-state index contributed by atoms with van der Waals surface area (Å²) >= 11 is 7.26. The second-order valence-electron chi connectivity index (χ2n) is 6.16. The Hall–Kier alpha value is -3.16. The van der Waals surface area contributed by atoms with Crippen LogP contribution < -0.4 is 4.90 Å². The predicted molar refractivity (Wildman–Crippen MR) is 111 cm³/mol. The van der Waals surface area contributed by atoms with Crippen molar-refractivity contribution in [1.82, 2.24) is 4.98 Å². The van der Waals surface area contributed by atoms with E-state index in [1.165, 1.54) is 23.5 Å². The van der Waals surface area contributed by atoms with Crippen LogP contribution in [-0.4, -0.2) is 33.5 Å². The van der Waals surface area contributed by atoms with E-state index < -0.39 is 5.97 Å². The minimum absolute atomic E-state index is 0.0303. The van der Waals surface area contributed by atoms with Gasteiger partial charge in [0, 0.05) is 21.7 Å². The molecule has 0 spiro atoms. The summed E-state index contributed by atoms with van der Waals surface area (Å²) in [4.78, 5) is 17.3. The Labute approximate surface area is 169 Å². The fourth-order valence-electron chi connectivity index (χ4n) is 2.97. The second-order valence-corrected chi connectivity index (χ2v) is 7.45. The Morgan fingerprint density at radius 3 is 2.68 bits per heavy atom. The lowest BCUT2D eigenvalue weighted by atomic mass is 10.2. The van der Waals surface area contributed by atoms with Gasteiger partial charge in [-0.1, -0.05) is 29.8 Å². The number of carbonyl (C=O) groups is 1. The molecule has 0 aliphatic carbocycles. The minimum Gasteiger partial charge on any atom is -0.510 e. The van der Waals surface area contributed by atoms with Crippen LogP contribution in [0.25, 0.3) is 16.8 Å². The van der Waals surface area contributed by atoms with E-state index in [1.807, 2.05) is 17.5 Å². The molecule has 2 aromatic carbocycles. The number of anilines is 1. The molecule has 0 fully saturated rings. The molecule has 0 unspecified atom stereocenters. The lowest BCUT2D eigenvalue weighted by molar-refractivity contribution is 0.0697. The summed E-state index contributed by atoms with van der Waals surface area (Å²) in [6.07, 6.45) is 0. The number of amidine groups is 1. The van der Waals surface area contributed by atoms with E-state index in [0.29, 0.717) is 21.3 Å². The summed E-state index contributed by atoms with van der Waals surface area (Å²) in [5.74, 6) is -0.933. The second kappa shape index (κ2) is 7.10. The molecule has 140 valence electrons. The Balaban J connectivity index is 1.64. The molecule has 0 atom stereocenters. The van der Waals surface area contributed by atoms with Crippen molar-refractivity contribution in [2.75, 3.05) is 11.4 Å². The third kappa shape index (κ3) is 3.26. The molecular weight excluding hydrogens is 398 g/mol. The van der Waals surface area contributed by atoms with Gasteiger partial charge < -0.3 is 15.1 Å². The number of nitrogens with zero attached hydrogens (tertiary/aromatic N) is 2. The molecule has 3 N–H and O–H groups in total. The summed E-state index contributed by atoms with van der Waals surface area (Å²) in [6, 6.07) is 13.6. The molecule has 1 aromatic heterocycles. The van der Waals surface area contributed by atoms with E-state index in [-0.39, 0.29) is 23.7 Å². The quantitative estimate of drug-likeness (QED) is 0.565. The number of benzene rings is 2. The summed E-state index contributed by atoms with van der Waals surface area (Å²) < 4.78 is 0. The van der Waals surface area contributed by atoms with Gasteiger partial charge in [-0.15, -0.1) is 11.3 Å². The summed E-state index contributed by atoms with van der Waals surface area (Å²) in [5.41, 5.74) is 2.63. The number of thiazole rings is 1. The van der Waals surface area contributed by atoms with Crippen LogP contribution in [0, 0.1) is 5.41 Å². The van der Waals surface area contributed by atoms with Crippen molar-refractivity contribution < 1.29 is 15.0 Å². The lowest BCUT2D eigenvalue weighted by Crippen LogP contribution is -2.26. The van der Waals surface area contributed by atoms with Gasteiger partial charge in [0.25, 0.3) is 0 Å². The monoisotopic (exact) mass is 411 g/mol. The number of nitrogens with one attached hydrogen (secondary N) is 1. The first kappa shape index (κ1) is 18.2. The highest BCUT2D eigenvalue weighted by Crippen LogP contribution is 2.34. The summed E-state index contributed by atoms with van der Waals surface area (Å²) in [7, 11) is 0. The highest BCUT2D eigenvalue weighted by molar-refractivity contribution is 7.11. The van der Waals surface area contributed by atoms with E-state index in [2.05, 4.69) is 4.98 Å². The molecule has 0 bridgehead atoms. The predicted octanol–water partition coefficient (Wildman–Crippen LogP) is 4.93. The fourth-order valence-corrected chi connectivity index (χ4v) is 3.99. The van der Waals surface area contributed by atoms with Crippen molar-refractivity contribution in [3.8, 4) is 11.3 Å². The molecule has 0 amide bonds. The zero-order valence-electron chi connectivity index (χ0n) is 14.4. The zero-order valence-corrected chi connectivity index (χ0v) is 16.0. The van der Waals surface area contributed by atoms with E-state index in [0.717, 1.165) is 11.3 Å². The van der Waals surface area contributed by atoms with Crippen LogP contribution in [0.4, 0.5) is 5.69 Å². The minimum atomic E-state index is -1.04. The van der Waals surface area contributed by atoms with Crippen molar-refractivity contribution in [1.29, 1.82) is 5.41 Å². The molecule has 0 radical (unpaired) electrons. The number of rotatable bonds is 4. The van der Waals surface area contributed by atoms with Crippen LogP contribution in [0.1, 0.15) is 15.4 Å². The van der Waals surface area contributed by atoms with E-state index in [4.69, 9.17) is 17.0 Å². The molecule has 2 heterocycles. The van der Waals surface area contributed by atoms with Crippen molar-refractivity contribution in [3.63, 3.8) is 0 Å². The number of aliphatic hydroxyl groups is 1. The van der Waals surface area contributed by atoms with Gasteiger partial charge in [-0.25, -0.2) is 9.78 Å². The van der Waals surface area contributed by atoms with Gasteiger partial charge in [0.1, 0.15) is 16.6 Å². The van der Waals surface area contributed by atoms with Crippen LogP contribution in [0.5, 0.6) is 0 Å². The van der Waals surface area contributed by atoms with Crippen LogP contribution in [-0.2, 0) is 0 Å². The van der Waals surface area contributed by atoms with Crippen molar-refractivity contribution in [3.05, 3.63) is 75.3 Å². The van der Waals surface area contributed by atoms with Crippen LogP contribution in [0.15, 0.2) is 59.7 Å². The number of carboxylic acids is 1. The largest absolute Gasteiger partial charge is 0.510 e. The first-order chi connectivity index (χ1) is 13.4. The molecule has 1 aliphatic heterocycles. The zero-order chi connectivity index (χ0) is 19.8. The van der Waals surface area contributed by atoms with Gasteiger partial charge in [0.15, 0.2) is 0 Å². The van der Waals surface area contributed by atoms with Gasteiger partial charge in [-0.05, 0) is 30.3 Å². The molecule has 0 saturated carbocycles. The highest BCUT2D eigenvalue weighted by atomic mass is 35.5. The average molecular weight is 412 g/mol. The maximum Gasteiger partial charge on any atom is 0.335 e. The number of aromatic nitrogens is 1. The standard InChI is InChI=1S/C20H14ClN3O3S/c21-13-6-4-11(5-7-13)15-10-28-19(23-15)17-16(25)9-24(18(17)22)14-3-1-2-12(8-14)20(26)27/h1-8,10,22,25H,9H2,(H,26,27). The number of hydrogen-bond donors (Lipinski definition) is 3. The number of aromatic carboxylic acids is 1. The van der Waals surface area contributed by atoms with Gasteiger partial charge in [-0.2, -0.15) is 0 Å². The normalized spacial score (nSPS) is 14.0. The first-order valence-electron chi connectivity index (χ1n) is 8.28. The first-order valence-corrected chi connectivity index (χ1v) is 9.53. The average Bonchev–Trinajstić information content (AvgIpc) is 3.27. The molecular formula is C20H14ClN3O3S. The number of hydrogen-bond acceptors (Lipinski definition) is 5. The maximum atomic E-state index is 11.2. The van der Waals surface area contributed by atoms with E-state index in [9.17, 15) is 15.0 Å². The van der Waals surface area contributed by atoms with Gasteiger partial charge in [0.05, 0.1) is 23.4 Å². The third-order valence-electron chi connectivity index (χ3n) is 4.37. The number of carboxylic acid groups (broad SMARTS) is 1. The molecule has 8 heteroatoms. The Kier molecular flexibility index (Phi) is 4.62. The van der Waals surface area contributed by atoms with Crippen LogP contribution >= 0.6 is 22.9 Å². The van der Waals surface area contributed by atoms with Crippen LogP contribution in [0.3, 0.4) is 0 Å². The van der Waals surface area contributed by atoms with Gasteiger partial charge in [-0.3, -0.25) is 5.41 Å². The van der Waals surface area contributed by atoms with Crippen molar-refractivity contribution >= 4 is 46.0 Å². The lowest BCUT2D eigenvalue weighted by Gasteiger charge is -2.18. The number of aliphatic hydroxyl groups excluding tert-OH is 1. The highest BCUT2D eigenvalue weighted by Gasteiger charge is 2.31.